The molecule has 1 aliphatic rings. The molecule has 1 aromatic carbocycles. The van der Waals surface area contributed by atoms with Crippen molar-refractivity contribution in [1.82, 2.24) is 0 Å². The van der Waals surface area contributed by atoms with E-state index in [-0.39, 0.29) is 11.3 Å². The van der Waals surface area contributed by atoms with E-state index in [1.54, 1.807) is 12.1 Å². The predicted molar refractivity (Wildman–Crippen MR) is 81.0 cm³/mol. The van der Waals surface area contributed by atoms with Gasteiger partial charge in [-0.2, -0.15) is 17.0 Å². The van der Waals surface area contributed by atoms with E-state index >= 15 is 0 Å². The summed E-state index contributed by atoms with van der Waals surface area (Å²) in [6.07, 6.45) is 6.78. The quantitative estimate of drug-likeness (QED) is 0.678. The highest BCUT2D eigenvalue weighted by atomic mass is 32.2. The van der Waals surface area contributed by atoms with E-state index in [0.29, 0.717) is 11.3 Å². The maximum atomic E-state index is 10.8. The molecular formula is C14H17N3O2S. The first kappa shape index (κ1) is 14.7. The molecule has 6 heteroatoms. The molecule has 2 atom stereocenters. The van der Waals surface area contributed by atoms with Crippen LogP contribution in [0.2, 0.25) is 0 Å². The van der Waals surface area contributed by atoms with E-state index in [2.05, 4.69) is 11.6 Å². The highest BCUT2D eigenvalue weighted by molar-refractivity contribution is 7.99. The molecule has 0 aromatic heterocycles. The molecule has 1 aromatic rings. The van der Waals surface area contributed by atoms with E-state index < -0.39 is 4.92 Å². The molecule has 106 valence electrons. The lowest BCUT2D eigenvalue weighted by atomic mass is 9.94. The molecule has 0 saturated heterocycles. The summed E-state index contributed by atoms with van der Waals surface area (Å²) in [6, 6.07) is 6.92. The predicted octanol–water partition coefficient (Wildman–Crippen LogP) is 3.55. The fourth-order valence-electron chi connectivity index (χ4n) is 2.60. The zero-order chi connectivity index (χ0) is 14.5. The lowest BCUT2D eigenvalue weighted by Crippen LogP contribution is -2.28. The first-order chi connectivity index (χ1) is 9.63. The van der Waals surface area contributed by atoms with E-state index in [0.717, 1.165) is 18.5 Å². The number of benzene rings is 1. The van der Waals surface area contributed by atoms with Crippen LogP contribution in [-0.4, -0.2) is 22.5 Å². The van der Waals surface area contributed by atoms with Gasteiger partial charge in [-0.3, -0.25) is 10.1 Å². The van der Waals surface area contributed by atoms with Gasteiger partial charge in [-0.05, 0) is 37.7 Å². The fourth-order valence-corrected chi connectivity index (χ4v) is 3.43. The number of anilines is 1. The Kier molecular flexibility index (Phi) is 4.85. The summed E-state index contributed by atoms with van der Waals surface area (Å²) in [5.41, 5.74) is 0.764. The molecule has 0 aliphatic heterocycles. The molecule has 1 saturated carbocycles. The summed E-state index contributed by atoms with van der Waals surface area (Å²) >= 11 is 1.89. The molecule has 2 unspecified atom stereocenters. The maximum Gasteiger partial charge on any atom is 0.287 e. The van der Waals surface area contributed by atoms with Gasteiger partial charge in [-0.15, -0.1) is 0 Å². The second-order valence-electron chi connectivity index (χ2n) is 4.97. The second-order valence-corrected chi connectivity index (χ2v) is 6.10. The Morgan fingerprint density at radius 1 is 1.50 bits per heavy atom. The number of nitriles is 1. The summed E-state index contributed by atoms with van der Waals surface area (Å²) in [5.74, 6) is 0. The molecule has 0 amide bonds. The summed E-state index contributed by atoms with van der Waals surface area (Å²) in [6.45, 7) is 0. The van der Waals surface area contributed by atoms with Gasteiger partial charge >= 0.3 is 0 Å². The third-order valence-electron chi connectivity index (χ3n) is 3.64. The van der Waals surface area contributed by atoms with Crippen LogP contribution in [0.4, 0.5) is 11.4 Å². The summed E-state index contributed by atoms with van der Waals surface area (Å²) < 4.78 is 0. The Labute approximate surface area is 122 Å². The molecule has 5 nitrogen and oxygen atoms in total. The maximum absolute atomic E-state index is 10.8. The topological polar surface area (TPSA) is 79.0 Å². The molecule has 1 aliphatic carbocycles. The third-order valence-corrected chi connectivity index (χ3v) is 4.74. The van der Waals surface area contributed by atoms with Crippen molar-refractivity contribution in [2.24, 2.45) is 0 Å². The van der Waals surface area contributed by atoms with Crippen LogP contribution in [0, 0.1) is 21.4 Å². The lowest BCUT2D eigenvalue weighted by Gasteiger charge is -2.29. The highest BCUT2D eigenvalue weighted by Crippen LogP contribution is 2.30. The number of hydrogen-bond acceptors (Lipinski definition) is 5. The molecule has 20 heavy (non-hydrogen) atoms. The third kappa shape index (κ3) is 3.42. The number of rotatable bonds is 4. The molecule has 0 spiro atoms. The average molecular weight is 291 g/mol. The van der Waals surface area contributed by atoms with Crippen molar-refractivity contribution in [2.45, 2.75) is 37.0 Å². The van der Waals surface area contributed by atoms with Gasteiger partial charge in [0.15, 0.2) is 0 Å². The monoisotopic (exact) mass is 291 g/mol. The van der Waals surface area contributed by atoms with Gasteiger partial charge in [-0.1, -0.05) is 6.42 Å². The van der Waals surface area contributed by atoms with Crippen molar-refractivity contribution in [3.8, 4) is 6.07 Å². The smallest absolute Gasteiger partial charge is 0.287 e. The van der Waals surface area contributed by atoms with Gasteiger partial charge in [0, 0.05) is 23.0 Å². The van der Waals surface area contributed by atoms with Gasteiger partial charge in [-0.25, -0.2) is 0 Å². The van der Waals surface area contributed by atoms with Gasteiger partial charge in [0.2, 0.25) is 0 Å². The van der Waals surface area contributed by atoms with Crippen LogP contribution in [0.5, 0.6) is 0 Å². The summed E-state index contributed by atoms with van der Waals surface area (Å²) in [7, 11) is 0. The summed E-state index contributed by atoms with van der Waals surface area (Å²) in [5, 5.41) is 23.9. The molecule has 1 fully saturated rings. The molecule has 1 N–H and O–H groups in total. The molecule has 0 radical (unpaired) electrons. The lowest BCUT2D eigenvalue weighted by molar-refractivity contribution is -0.385. The minimum atomic E-state index is -0.521. The Hall–Kier alpha value is -1.74. The van der Waals surface area contributed by atoms with Crippen molar-refractivity contribution in [1.29, 1.82) is 5.26 Å². The Bertz CT molecular complexity index is 542. The first-order valence-electron chi connectivity index (χ1n) is 6.62. The Morgan fingerprint density at radius 3 is 2.95 bits per heavy atom. The van der Waals surface area contributed by atoms with Gasteiger partial charge in [0.25, 0.3) is 5.69 Å². The van der Waals surface area contributed by atoms with Crippen LogP contribution < -0.4 is 5.32 Å². The van der Waals surface area contributed by atoms with E-state index in [4.69, 9.17) is 5.26 Å². The van der Waals surface area contributed by atoms with Crippen LogP contribution in [0.3, 0.4) is 0 Å². The van der Waals surface area contributed by atoms with Crippen LogP contribution in [-0.2, 0) is 0 Å². The minimum absolute atomic E-state index is 0.109. The van der Waals surface area contributed by atoms with Gasteiger partial charge in [0.1, 0.15) is 11.6 Å². The Balaban J connectivity index is 2.10. The van der Waals surface area contributed by atoms with E-state index in [1.165, 1.54) is 18.9 Å². The van der Waals surface area contributed by atoms with Crippen molar-refractivity contribution in [3.63, 3.8) is 0 Å². The number of nitrogens with one attached hydrogen (secondary N) is 1. The zero-order valence-electron chi connectivity index (χ0n) is 11.3. The second kappa shape index (κ2) is 6.62. The van der Waals surface area contributed by atoms with E-state index in [1.807, 2.05) is 17.8 Å². The van der Waals surface area contributed by atoms with Crippen LogP contribution in [0.25, 0.3) is 0 Å². The summed E-state index contributed by atoms with van der Waals surface area (Å²) in [4.78, 5) is 10.3. The van der Waals surface area contributed by atoms with Gasteiger partial charge < -0.3 is 5.32 Å². The van der Waals surface area contributed by atoms with E-state index in [9.17, 15) is 10.1 Å². The number of thioether (sulfide) groups is 1. The van der Waals surface area contributed by atoms with Crippen molar-refractivity contribution in [3.05, 3.63) is 33.9 Å². The van der Waals surface area contributed by atoms with Gasteiger partial charge in [0.05, 0.1) is 4.92 Å². The zero-order valence-corrected chi connectivity index (χ0v) is 12.2. The molecule has 2 rings (SSSR count). The SMILES string of the molecule is CSC1CCCC(Nc2ccc([N+](=O)[O-])c(C#N)c2)C1. The number of nitro benzene ring substituents is 1. The van der Waals surface area contributed by atoms with Crippen LogP contribution in [0.15, 0.2) is 18.2 Å². The number of nitro groups is 1. The largest absolute Gasteiger partial charge is 0.382 e. The first-order valence-corrected chi connectivity index (χ1v) is 7.90. The van der Waals surface area contributed by atoms with Crippen LogP contribution in [0.1, 0.15) is 31.2 Å². The van der Waals surface area contributed by atoms with Crippen molar-refractivity contribution < 1.29 is 4.92 Å². The van der Waals surface area contributed by atoms with Crippen molar-refractivity contribution in [2.75, 3.05) is 11.6 Å². The van der Waals surface area contributed by atoms with Crippen LogP contribution >= 0.6 is 11.8 Å². The minimum Gasteiger partial charge on any atom is -0.382 e. The van der Waals surface area contributed by atoms with Crippen molar-refractivity contribution >= 4 is 23.1 Å². The standard InChI is InChI=1S/C14H17N3O2S/c1-20-13-4-2-3-11(8-13)16-12-5-6-14(17(18)19)10(7-12)9-15/h5-7,11,13,16H,2-4,8H2,1H3. The molecular weight excluding hydrogens is 274 g/mol. The molecule has 0 bridgehead atoms. The Morgan fingerprint density at radius 2 is 2.30 bits per heavy atom. The number of nitrogens with zero attached hydrogens (tertiary/aromatic N) is 2. The average Bonchev–Trinajstić information content (AvgIpc) is 2.47. The highest BCUT2D eigenvalue weighted by Gasteiger charge is 2.22. The number of hydrogen-bond donors (Lipinski definition) is 1. The normalized spacial score (nSPS) is 22.0. The fraction of sp³-hybridized carbons (Fsp3) is 0.500. The molecule has 0 heterocycles.